The highest BCUT2D eigenvalue weighted by molar-refractivity contribution is 6.31. The Hall–Kier alpha value is -2.59. The number of aryl methyl sites for hydroxylation is 1. The van der Waals surface area contributed by atoms with Gasteiger partial charge in [-0.2, -0.15) is 0 Å². The largest absolute Gasteiger partial charge is 0.475 e. The van der Waals surface area contributed by atoms with E-state index >= 15 is 0 Å². The Morgan fingerprint density at radius 2 is 2.00 bits per heavy atom. The first-order chi connectivity index (χ1) is 16.2. The Kier molecular flexibility index (Phi) is 10.0. The predicted molar refractivity (Wildman–Crippen MR) is 125 cm³/mol. The monoisotopic (exact) mass is 474 g/mol. The molecule has 10 heteroatoms. The Balaban J connectivity index is 1.83. The van der Waals surface area contributed by atoms with Gasteiger partial charge in [0.2, 0.25) is 5.88 Å². The van der Waals surface area contributed by atoms with Crippen LogP contribution in [0.15, 0.2) is 36.5 Å². The number of methoxy groups -OCH3 is 1. The molecule has 1 atom stereocenters. The van der Waals surface area contributed by atoms with Gasteiger partial charge < -0.3 is 14.2 Å². The van der Waals surface area contributed by atoms with Gasteiger partial charge in [0.15, 0.2) is 5.82 Å². The molecule has 2 heterocycles. The molecule has 9 nitrogen and oxygen atoms in total. The van der Waals surface area contributed by atoms with Crippen LogP contribution in [-0.4, -0.2) is 58.7 Å². The molecule has 0 fully saturated rings. The predicted octanol–water partition coefficient (Wildman–Crippen LogP) is 3.22. The Labute approximate surface area is 199 Å². The maximum absolute atomic E-state index is 6.68. The first-order valence-electron chi connectivity index (χ1n) is 11.1. The molecule has 178 valence electrons. The van der Waals surface area contributed by atoms with E-state index in [9.17, 15) is 0 Å². The van der Waals surface area contributed by atoms with Crippen molar-refractivity contribution in [2.45, 2.75) is 39.4 Å². The molecule has 0 amide bonds. The summed E-state index contributed by atoms with van der Waals surface area (Å²) >= 11 is 6.68. The second-order valence-corrected chi connectivity index (χ2v) is 7.69. The van der Waals surface area contributed by atoms with Gasteiger partial charge in [-0.15, -0.1) is 5.10 Å². The van der Waals surface area contributed by atoms with E-state index in [0.717, 1.165) is 23.1 Å². The van der Waals surface area contributed by atoms with Crippen LogP contribution in [0.4, 0.5) is 0 Å². The van der Waals surface area contributed by atoms with Gasteiger partial charge >= 0.3 is 0 Å². The Morgan fingerprint density at radius 3 is 2.73 bits per heavy atom. The summed E-state index contributed by atoms with van der Waals surface area (Å²) in [5, 5.41) is 16.7. The molecule has 0 radical (unpaired) electrons. The fraction of sp³-hybridized carbons (Fsp3) is 0.478. The van der Waals surface area contributed by atoms with E-state index in [0.29, 0.717) is 56.2 Å². The molecule has 3 aromatic rings. The lowest BCUT2D eigenvalue weighted by Gasteiger charge is -2.22. The van der Waals surface area contributed by atoms with Gasteiger partial charge in [-0.1, -0.05) is 36.7 Å². The quantitative estimate of drug-likeness (QED) is 0.356. The standard InChI is InChI=1S/C23H31ClN6O3/c1-4-18-7-6-8-19(24)21(18)22(23-27-28-29-30(23)11-12-32-5-2)26-16-17-9-10-20(25-15-17)33-14-13-31-3/h6-10,15,22,26H,4-5,11-14,16H2,1-3H3. The number of ether oxygens (including phenoxy) is 3. The van der Waals surface area contributed by atoms with Crippen molar-refractivity contribution in [3.05, 3.63) is 64.1 Å². The van der Waals surface area contributed by atoms with Crippen molar-refractivity contribution in [1.82, 2.24) is 30.5 Å². The highest BCUT2D eigenvalue weighted by Crippen LogP contribution is 2.31. The minimum Gasteiger partial charge on any atom is -0.475 e. The van der Waals surface area contributed by atoms with Gasteiger partial charge in [0.1, 0.15) is 6.61 Å². The van der Waals surface area contributed by atoms with Crippen LogP contribution in [0.1, 0.15) is 42.4 Å². The second-order valence-electron chi connectivity index (χ2n) is 7.28. The van der Waals surface area contributed by atoms with Crippen molar-refractivity contribution in [3.8, 4) is 5.88 Å². The third kappa shape index (κ3) is 6.94. The zero-order chi connectivity index (χ0) is 23.5. The number of tetrazole rings is 1. The number of hydrogen-bond donors (Lipinski definition) is 1. The molecule has 2 aromatic heterocycles. The minimum atomic E-state index is -0.303. The molecule has 0 spiro atoms. The highest BCUT2D eigenvalue weighted by Gasteiger charge is 2.25. The second kappa shape index (κ2) is 13.2. The fourth-order valence-corrected chi connectivity index (χ4v) is 3.76. The molecule has 33 heavy (non-hydrogen) atoms. The first-order valence-corrected chi connectivity index (χ1v) is 11.5. The van der Waals surface area contributed by atoms with E-state index < -0.39 is 0 Å². The number of aromatic nitrogens is 5. The van der Waals surface area contributed by atoms with Gasteiger partial charge in [0.05, 0.1) is 25.8 Å². The van der Waals surface area contributed by atoms with Gasteiger partial charge in [0.25, 0.3) is 0 Å². The molecular weight excluding hydrogens is 444 g/mol. The maximum atomic E-state index is 6.68. The molecule has 1 N–H and O–H groups in total. The topological polar surface area (TPSA) is 96.2 Å². The number of hydrogen-bond acceptors (Lipinski definition) is 8. The van der Waals surface area contributed by atoms with Crippen molar-refractivity contribution in [1.29, 1.82) is 0 Å². The summed E-state index contributed by atoms with van der Waals surface area (Å²) in [6.45, 7) is 7.31. The summed E-state index contributed by atoms with van der Waals surface area (Å²) in [7, 11) is 1.64. The van der Waals surface area contributed by atoms with Gasteiger partial charge in [-0.25, -0.2) is 9.67 Å². The number of pyridine rings is 1. The average Bonchev–Trinajstić information content (AvgIpc) is 3.29. The number of nitrogens with zero attached hydrogens (tertiary/aromatic N) is 5. The van der Waals surface area contributed by atoms with Gasteiger partial charge in [-0.05, 0) is 46.5 Å². The van der Waals surface area contributed by atoms with Crippen LogP contribution in [0.2, 0.25) is 5.02 Å². The van der Waals surface area contributed by atoms with Crippen molar-refractivity contribution < 1.29 is 14.2 Å². The van der Waals surface area contributed by atoms with Gasteiger partial charge in [-0.3, -0.25) is 5.32 Å². The normalized spacial score (nSPS) is 12.1. The van der Waals surface area contributed by atoms with Crippen molar-refractivity contribution >= 4 is 11.6 Å². The lowest BCUT2D eigenvalue weighted by Crippen LogP contribution is -2.27. The molecule has 0 saturated heterocycles. The molecule has 0 bridgehead atoms. The number of nitrogens with one attached hydrogen (secondary N) is 1. The molecule has 0 aliphatic carbocycles. The molecule has 1 unspecified atom stereocenters. The summed E-state index contributed by atoms with van der Waals surface area (Å²) in [5.41, 5.74) is 3.11. The summed E-state index contributed by atoms with van der Waals surface area (Å²) in [6.07, 6.45) is 2.63. The molecular formula is C23H31ClN6O3. The van der Waals surface area contributed by atoms with Crippen molar-refractivity contribution in [2.24, 2.45) is 0 Å². The first kappa shape index (κ1) is 25.0. The summed E-state index contributed by atoms with van der Waals surface area (Å²) < 4.78 is 17.8. The van der Waals surface area contributed by atoms with E-state index in [1.54, 1.807) is 18.0 Å². The lowest BCUT2D eigenvalue weighted by molar-refractivity contribution is 0.134. The average molecular weight is 475 g/mol. The summed E-state index contributed by atoms with van der Waals surface area (Å²) in [4.78, 5) is 4.38. The van der Waals surface area contributed by atoms with Crippen LogP contribution in [0.3, 0.4) is 0 Å². The van der Waals surface area contributed by atoms with Crippen LogP contribution in [-0.2, 0) is 29.0 Å². The van der Waals surface area contributed by atoms with Crippen LogP contribution >= 0.6 is 11.6 Å². The van der Waals surface area contributed by atoms with Crippen molar-refractivity contribution in [2.75, 3.05) is 33.5 Å². The number of rotatable bonds is 14. The van der Waals surface area contributed by atoms with Crippen LogP contribution in [0.5, 0.6) is 5.88 Å². The Morgan fingerprint density at radius 1 is 1.12 bits per heavy atom. The maximum Gasteiger partial charge on any atom is 0.213 e. The molecule has 3 rings (SSSR count). The van der Waals surface area contributed by atoms with E-state index in [-0.39, 0.29) is 6.04 Å². The third-order valence-electron chi connectivity index (χ3n) is 5.13. The van der Waals surface area contributed by atoms with E-state index in [1.165, 1.54) is 0 Å². The zero-order valence-corrected chi connectivity index (χ0v) is 20.1. The number of benzene rings is 1. The molecule has 0 aliphatic rings. The Bertz CT molecular complexity index is 983. The molecule has 0 aliphatic heterocycles. The minimum absolute atomic E-state index is 0.303. The van der Waals surface area contributed by atoms with Crippen molar-refractivity contribution in [3.63, 3.8) is 0 Å². The molecule has 0 saturated carbocycles. The SMILES string of the molecule is CCOCCn1nnnc1C(NCc1ccc(OCCOC)nc1)c1c(Cl)cccc1CC. The van der Waals surface area contributed by atoms with E-state index in [4.69, 9.17) is 25.8 Å². The van der Waals surface area contributed by atoms with Crippen LogP contribution < -0.4 is 10.1 Å². The van der Waals surface area contributed by atoms with E-state index in [1.807, 2.05) is 31.2 Å². The molecule has 1 aromatic carbocycles. The van der Waals surface area contributed by atoms with Crippen LogP contribution in [0.25, 0.3) is 0 Å². The van der Waals surface area contributed by atoms with Crippen LogP contribution in [0, 0.1) is 0 Å². The summed E-state index contributed by atoms with van der Waals surface area (Å²) in [6, 6.07) is 9.46. The van der Waals surface area contributed by atoms with Gasteiger partial charge in [0, 0.05) is 37.5 Å². The zero-order valence-electron chi connectivity index (χ0n) is 19.3. The highest BCUT2D eigenvalue weighted by atomic mass is 35.5. The lowest BCUT2D eigenvalue weighted by atomic mass is 9.97. The summed E-state index contributed by atoms with van der Waals surface area (Å²) in [5.74, 6) is 1.25. The third-order valence-corrected chi connectivity index (χ3v) is 5.46. The van der Waals surface area contributed by atoms with E-state index in [2.05, 4.69) is 38.8 Å². The number of halogens is 1. The smallest absolute Gasteiger partial charge is 0.213 e. The fourth-order valence-electron chi connectivity index (χ4n) is 3.46.